The number of nitrogens with one attached hydrogen (secondary N) is 2. The first kappa shape index (κ1) is 18.0. The summed E-state index contributed by atoms with van der Waals surface area (Å²) in [5.41, 5.74) is 1.46. The zero-order valence-electron chi connectivity index (χ0n) is 13.8. The summed E-state index contributed by atoms with van der Waals surface area (Å²) < 4.78 is 0. The number of carbonyl (C=O) groups is 2. The molecule has 0 saturated carbocycles. The molecule has 0 aliphatic carbocycles. The summed E-state index contributed by atoms with van der Waals surface area (Å²) in [4.78, 5) is 25.7. The highest BCUT2D eigenvalue weighted by Crippen LogP contribution is 2.09. The summed E-state index contributed by atoms with van der Waals surface area (Å²) in [5.74, 6) is 0.0266. The van der Waals surface area contributed by atoms with Crippen LogP contribution in [0.2, 0.25) is 0 Å². The first-order chi connectivity index (χ1) is 10.6. The quantitative estimate of drug-likeness (QED) is 0.737. The van der Waals surface area contributed by atoms with Crippen molar-refractivity contribution in [2.24, 2.45) is 0 Å². The lowest BCUT2D eigenvalue weighted by Gasteiger charge is -2.21. The summed E-state index contributed by atoms with van der Waals surface area (Å²) in [6.45, 7) is 8.51. The van der Waals surface area contributed by atoms with Gasteiger partial charge in [0.1, 0.15) is 0 Å². The predicted octanol–water partition coefficient (Wildman–Crippen LogP) is 2.50. The van der Waals surface area contributed by atoms with E-state index in [0.29, 0.717) is 12.1 Å². The fourth-order valence-electron chi connectivity index (χ4n) is 2.19. The fraction of sp³-hybridized carbons (Fsp3) is 0.529. The van der Waals surface area contributed by atoms with Crippen molar-refractivity contribution in [3.63, 3.8) is 0 Å². The van der Waals surface area contributed by atoms with Gasteiger partial charge in [0.15, 0.2) is 0 Å². The van der Waals surface area contributed by atoms with Crippen molar-refractivity contribution in [2.45, 2.75) is 33.6 Å². The molecule has 0 fully saturated rings. The summed E-state index contributed by atoms with van der Waals surface area (Å²) >= 11 is 0. The monoisotopic (exact) mass is 305 g/mol. The molecule has 22 heavy (non-hydrogen) atoms. The number of benzene rings is 1. The van der Waals surface area contributed by atoms with Gasteiger partial charge in [-0.25, -0.2) is 0 Å². The van der Waals surface area contributed by atoms with E-state index in [0.717, 1.165) is 31.6 Å². The maximum absolute atomic E-state index is 12.2. The molecule has 1 aromatic carbocycles. The first-order valence-electron chi connectivity index (χ1n) is 8.02. The lowest BCUT2D eigenvalue weighted by molar-refractivity contribution is -0.129. The molecule has 0 heterocycles. The number of amides is 2. The van der Waals surface area contributed by atoms with Crippen LogP contribution in [0.5, 0.6) is 0 Å². The van der Waals surface area contributed by atoms with Gasteiger partial charge in [-0.1, -0.05) is 13.8 Å². The van der Waals surface area contributed by atoms with Crippen molar-refractivity contribution in [1.82, 2.24) is 10.2 Å². The Morgan fingerprint density at radius 3 is 2.09 bits per heavy atom. The maximum atomic E-state index is 12.2. The Hall–Kier alpha value is -2.04. The molecule has 5 heteroatoms. The summed E-state index contributed by atoms with van der Waals surface area (Å²) in [5, 5.41) is 5.87. The van der Waals surface area contributed by atoms with Crippen molar-refractivity contribution in [1.29, 1.82) is 0 Å². The van der Waals surface area contributed by atoms with Gasteiger partial charge in [-0.05, 0) is 44.0 Å². The number of nitrogens with zero attached hydrogens (tertiary/aromatic N) is 1. The molecule has 2 amide bonds. The minimum atomic E-state index is -0.0813. The van der Waals surface area contributed by atoms with Crippen LogP contribution in [-0.2, 0) is 4.79 Å². The highest BCUT2D eigenvalue weighted by Gasteiger charge is 2.11. The van der Waals surface area contributed by atoms with Gasteiger partial charge in [-0.2, -0.15) is 0 Å². The fourth-order valence-corrected chi connectivity index (χ4v) is 2.19. The third-order valence-electron chi connectivity index (χ3n) is 3.27. The highest BCUT2D eigenvalue weighted by atomic mass is 16.2. The number of hydrogen-bond acceptors (Lipinski definition) is 3. The first-order valence-corrected chi connectivity index (χ1v) is 8.02. The second kappa shape index (κ2) is 9.82. The molecule has 0 aliphatic heterocycles. The van der Waals surface area contributed by atoms with E-state index in [4.69, 9.17) is 0 Å². The Labute approximate surface area is 133 Å². The average Bonchev–Trinajstić information content (AvgIpc) is 2.53. The van der Waals surface area contributed by atoms with Crippen LogP contribution in [0.15, 0.2) is 24.3 Å². The van der Waals surface area contributed by atoms with Crippen molar-refractivity contribution in [3.05, 3.63) is 29.8 Å². The second-order valence-electron chi connectivity index (χ2n) is 5.17. The van der Waals surface area contributed by atoms with Crippen molar-refractivity contribution < 1.29 is 9.59 Å². The van der Waals surface area contributed by atoms with Gasteiger partial charge in [-0.15, -0.1) is 0 Å². The minimum Gasteiger partial charge on any atom is -0.376 e. The molecule has 122 valence electrons. The van der Waals surface area contributed by atoms with Crippen LogP contribution in [0.25, 0.3) is 0 Å². The van der Waals surface area contributed by atoms with Crippen LogP contribution in [0.3, 0.4) is 0 Å². The molecule has 0 radical (unpaired) electrons. The van der Waals surface area contributed by atoms with Gasteiger partial charge in [-0.3, -0.25) is 9.59 Å². The highest BCUT2D eigenvalue weighted by molar-refractivity contribution is 5.94. The summed E-state index contributed by atoms with van der Waals surface area (Å²) in [6.07, 6.45) is 1.93. The number of anilines is 1. The van der Waals surface area contributed by atoms with Gasteiger partial charge < -0.3 is 15.5 Å². The molecule has 0 atom stereocenters. The topological polar surface area (TPSA) is 61.4 Å². The van der Waals surface area contributed by atoms with Gasteiger partial charge in [0.2, 0.25) is 5.91 Å². The molecule has 1 aromatic rings. The average molecular weight is 305 g/mol. The zero-order chi connectivity index (χ0) is 16.4. The summed E-state index contributed by atoms with van der Waals surface area (Å²) in [6, 6.07) is 7.16. The predicted molar refractivity (Wildman–Crippen MR) is 90.1 cm³/mol. The van der Waals surface area contributed by atoms with Crippen LogP contribution >= 0.6 is 0 Å². The van der Waals surface area contributed by atoms with Gasteiger partial charge in [0.25, 0.3) is 5.91 Å². The third kappa shape index (κ3) is 5.76. The SMILES string of the molecule is CCCN(CCC)C(=O)CNc1ccc(C(=O)NCC)cc1. The lowest BCUT2D eigenvalue weighted by atomic mass is 10.2. The van der Waals surface area contributed by atoms with E-state index >= 15 is 0 Å². The molecular formula is C17H27N3O2. The number of rotatable bonds is 9. The van der Waals surface area contributed by atoms with Crippen LogP contribution in [-0.4, -0.2) is 42.9 Å². The Bertz CT molecular complexity index is 465. The van der Waals surface area contributed by atoms with E-state index < -0.39 is 0 Å². The molecule has 2 N–H and O–H groups in total. The van der Waals surface area contributed by atoms with Crippen molar-refractivity contribution >= 4 is 17.5 Å². The minimum absolute atomic E-state index is 0.0813. The molecule has 0 saturated heterocycles. The Kier molecular flexibility index (Phi) is 8.04. The standard InChI is InChI=1S/C17H27N3O2/c1-4-11-20(12-5-2)16(21)13-19-15-9-7-14(8-10-15)17(22)18-6-3/h7-10,19H,4-6,11-13H2,1-3H3,(H,18,22). The molecule has 1 rings (SSSR count). The van der Waals surface area contributed by atoms with Crippen LogP contribution in [0, 0.1) is 0 Å². The van der Waals surface area contributed by atoms with E-state index in [2.05, 4.69) is 24.5 Å². The lowest BCUT2D eigenvalue weighted by Crippen LogP contribution is -2.36. The number of hydrogen-bond donors (Lipinski definition) is 2. The van der Waals surface area contributed by atoms with E-state index in [-0.39, 0.29) is 18.4 Å². The van der Waals surface area contributed by atoms with Crippen molar-refractivity contribution in [2.75, 3.05) is 31.5 Å². The molecule has 0 aromatic heterocycles. The smallest absolute Gasteiger partial charge is 0.251 e. The largest absolute Gasteiger partial charge is 0.376 e. The summed E-state index contributed by atoms with van der Waals surface area (Å²) in [7, 11) is 0. The second-order valence-corrected chi connectivity index (χ2v) is 5.17. The maximum Gasteiger partial charge on any atom is 0.251 e. The molecule has 0 spiro atoms. The van der Waals surface area contributed by atoms with Gasteiger partial charge in [0.05, 0.1) is 6.54 Å². The van der Waals surface area contributed by atoms with E-state index in [1.165, 1.54) is 0 Å². The molecule has 0 bridgehead atoms. The van der Waals surface area contributed by atoms with E-state index in [9.17, 15) is 9.59 Å². The van der Waals surface area contributed by atoms with Crippen LogP contribution in [0.1, 0.15) is 44.0 Å². The van der Waals surface area contributed by atoms with Crippen molar-refractivity contribution in [3.8, 4) is 0 Å². The van der Waals surface area contributed by atoms with Gasteiger partial charge >= 0.3 is 0 Å². The number of carbonyl (C=O) groups excluding carboxylic acids is 2. The normalized spacial score (nSPS) is 10.1. The Balaban J connectivity index is 2.53. The van der Waals surface area contributed by atoms with Gasteiger partial charge in [0, 0.05) is 30.9 Å². The molecule has 0 aliphatic rings. The van der Waals surface area contributed by atoms with Crippen LogP contribution in [0.4, 0.5) is 5.69 Å². The molecule has 5 nitrogen and oxygen atoms in total. The Morgan fingerprint density at radius 1 is 1.00 bits per heavy atom. The van der Waals surface area contributed by atoms with E-state index in [1.54, 1.807) is 12.1 Å². The third-order valence-corrected chi connectivity index (χ3v) is 3.27. The van der Waals surface area contributed by atoms with E-state index in [1.807, 2.05) is 24.0 Å². The Morgan fingerprint density at radius 2 is 1.59 bits per heavy atom. The van der Waals surface area contributed by atoms with Crippen LogP contribution < -0.4 is 10.6 Å². The molecule has 0 unspecified atom stereocenters. The zero-order valence-corrected chi connectivity index (χ0v) is 13.8. The molecular weight excluding hydrogens is 278 g/mol.